The summed E-state index contributed by atoms with van der Waals surface area (Å²) in [7, 11) is 0. The molecule has 0 aromatic heterocycles. The maximum atomic E-state index is 12.2. The summed E-state index contributed by atoms with van der Waals surface area (Å²) >= 11 is 0. The molecule has 0 spiro atoms. The summed E-state index contributed by atoms with van der Waals surface area (Å²) in [6.45, 7) is 6.68. The molecule has 0 fully saturated rings. The molecule has 0 saturated carbocycles. The smallest absolute Gasteiger partial charge is 0.305 e. The average Bonchev–Trinajstić information content (AvgIpc) is 2.46. The summed E-state index contributed by atoms with van der Waals surface area (Å²) in [5.41, 5.74) is 6.53. The van der Waals surface area contributed by atoms with E-state index in [1.165, 1.54) is 4.90 Å². The number of rotatable bonds is 9. The van der Waals surface area contributed by atoms with E-state index in [-0.39, 0.29) is 0 Å². The Morgan fingerprint density at radius 1 is 1.50 bits per heavy atom. The molecule has 120 valence electrons. The van der Waals surface area contributed by atoms with Gasteiger partial charge in [0.15, 0.2) is 0 Å². The van der Waals surface area contributed by atoms with Crippen molar-refractivity contribution in [2.24, 2.45) is 5.73 Å². The molecular weight excluding hydrogens is 284 g/mol. The summed E-state index contributed by atoms with van der Waals surface area (Å²) in [4.78, 5) is 24.4. The van der Waals surface area contributed by atoms with Crippen LogP contribution in [0.3, 0.4) is 0 Å². The first-order valence-electron chi connectivity index (χ1n) is 7.06. The zero-order valence-electron chi connectivity index (χ0n) is 12.7. The molecule has 0 aliphatic carbocycles. The number of nitrogens with two attached hydrogens (primary N) is 1. The van der Waals surface area contributed by atoms with E-state index < -0.39 is 24.3 Å². The summed E-state index contributed by atoms with van der Waals surface area (Å²) < 4.78 is 5.42. The lowest BCUT2D eigenvalue weighted by Gasteiger charge is -2.24. The van der Waals surface area contributed by atoms with Crippen LogP contribution in [0.25, 0.3) is 0 Å². The van der Waals surface area contributed by atoms with Gasteiger partial charge in [-0.3, -0.25) is 9.59 Å². The molecular formula is C16H22N2O4. The van der Waals surface area contributed by atoms with E-state index in [0.717, 1.165) is 11.3 Å². The van der Waals surface area contributed by atoms with Crippen LogP contribution in [0, 0.1) is 0 Å². The van der Waals surface area contributed by atoms with Crippen LogP contribution in [0.15, 0.2) is 36.9 Å². The number of ether oxygens (including phenoxy) is 1. The second kappa shape index (κ2) is 8.84. The van der Waals surface area contributed by atoms with Crippen LogP contribution in [-0.2, 0) is 16.1 Å². The number of aliphatic carboxylic acids is 1. The Labute approximate surface area is 130 Å². The van der Waals surface area contributed by atoms with E-state index in [1.807, 2.05) is 31.2 Å². The van der Waals surface area contributed by atoms with Crippen molar-refractivity contribution >= 4 is 11.9 Å². The number of carbonyl (C=O) groups excluding carboxylic acids is 1. The van der Waals surface area contributed by atoms with E-state index in [0.29, 0.717) is 19.7 Å². The Kier molecular flexibility index (Phi) is 7.12. The third-order valence-electron chi connectivity index (χ3n) is 2.96. The molecule has 0 aliphatic heterocycles. The van der Waals surface area contributed by atoms with E-state index in [1.54, 1.807) is 6.08 Å². The first kappa shape index (κ1) is 17.7. The van der Waals surface area contributed by atoms with Gasteiger partial charge in [0.05, 0.1) is 19.1 Å². The Bertz CT molecular complexity index is 531. The van der Waals surface area contributed by atoms with E-state index in [9.17, 15) is 9.59 Å². The quantitative estimate of drug-likeness (QED) is 0.673. The van der Waals surface area contributed by atoms with Gasteiger partial charge in [-0.1, -0.05) is 18.2 Å². The van der Waals surface area contributed by atoms with Crippen molar-refractivity contribution in [3.63, 3.8) is 0 Å². The van der Waals surface area contributed by atoms with Crippen LogP contribution >= 0.6 is 0 Å². The highest BCUT2D eigenvalue weighted by Gasteiger charge is 2.22. The SMILES string of the molecule is C=CCN(Cc1cccc(OCC)c1)C(=O)[C@@H](N)CC(=O)O. The van der Waals surface area contributed by atoms with E-state index >= 15 is 0 Å². The van der Waals surface area contributed by atoms with Crippen LogP contribution in [0.2, 0.25) is 0 Å². The number of hydrogen-bond donors (Lipinski definition) is 2. The normalized spacial score (nSPS) is 11.5. The van der Waals surface area contributed by atoms with Crippen molar-refractivity contribution in [1.82, 2.24) is 4.90 Å². The number of amides is 1. The summed E-state index contributed by atoms with van der Waals surface area (Å²) in [6.07, 6.45) is 1.18. The highest BCUT2D eigenvalue weighted by molar-refractivity contribution is 5.86. The molecule has 1 rings (SSSR count). The standard InChI is InChI=1S/C16H22N2O4/c1-3-8-18(16(21)14(17)10-15(19)20)11-12-6-5-7-13(9-12)22-4-2/h3,5-7,9,14H,1,4,8,10-11,17H2,2H3,(H,19,20)/t14-/m0/s1. The lowest BCUT2D eigenvalue weighted by atomic mass is 10.1. The number of carbonyl (C=O) groups is 2. The van der Waals surface area contributed by atoms with Crippen molar-refractivity contribution in [3.05, 3.63) is 42.5 Å². The number of carboxylic acids is 1. The van der Waals surface area contributed by atoms with Crippen molar-refractivity contribution in [1.29, 1.82) is 0 Å². The highest BCUT2D eigenvalue weighted by atomic mass is 16.5. The highest BCUT2D eigenvalue weighted by Crippen LogP contribution is 2.15. The molecule has 6 heteroatoms. The molecule has 0 unspecified atom stereocenters. The monoisotopic (exact) mass is 306 g/mol. The van der Waals surface area contributed by atoms with E-state index in [2.05, 4.69) is 6.58 Å². The zero-order valence-corrected chi connectivity index (χ0v) is 12.7. The fourth-order valence-electron chi connectivity index (χ4n) is 2.02. The summed E-state index contributed by atoms with van der Waals surface area (Å²) in [5, 5.41) is 8.74. The Hall–Kier alpha value is -2.34. The van der Waals surface area contributed by atoms with Gasteiger partial charge in [-0.05, 0) is 24.6 Å². The third-order valence-corrected chi connectivity index (χ3v) is 2.96. The van der Waals surface area contributed by atoms with Crippen LogP contribution in [-0.4, -0.2) is 41.1 Å². The minimum absolute atomic E-state index is 0.297. The molecule has 1 atom stereocenters. The van der Waals surface area contributed by atoms with Gasteiger partial charge in [-0.15, -0.1) is 6.58 Å². The van der Waals surface area contributed by atoms with Gasteiger partial charge >= 0.3 is 5.97 Å². The first-order chi connectivity index (χ1) is 10.5. The van der Waals surface area contributed by atoms with Gasteiger partial charge in [0, 0.05) is 13.1 Å². The fourth-order valence-corrected chi connectivity index (χ4v) is 2.02. The lowest BCUT2D eigenvalue weighted by molar-refractivity contribution is -0.142. The van der Waals surface area contributed by atoms with Crippen LogP contribution in [0.1, 0.15) is 18.9 Å². The Balaban J connectivity index is 2.82. The topological polar surface area (TPSA) is 92.9 Å². The molecule has 22 heavy (non-hydrogen) atoms. The van der Waals surface area contributed by atoms with Crippen molar-refractivity contribution in [2.75, 3.05) is 13.2 Å². The maximum Gasteiger partial charge on any atom is 0.305 e. The summed E-state index contributed by atoms with van der Waals surface area (Å²) in [5.74, 6) is -0.789. The molecule has 0 aliphatic rings. The molecule has 0 saturated heterocycles. The second-order valence-electron chi connectivity index (χ2n) is 4.79. The van der Waals surface area contributed by atoms with Crippen molar-refractivity contribution in [2.45, 2.75) is 25.9 Å². The minimum atomic E-state index is -1.10. The predicted molar refractivity (Wildman–Crippen MR) is 83.5 cm³/mol. The predicted octanol–water partition coefficient (Wildman–Crippen LogP) is 1.40. The van der Waals surface area contributed by atoms with Gasteiger partial charge in [-0.25, -0.2) is 0 Å². The van der Waals surface area contributed by atoms with Gasteiger partial charge in [0.2, 0.25) is 5.91 Å². The lowest BCUT2D eigenvalue weighted by Crippen LogP contribution is -2.44. The average molecular weight is 306 g/mol. The summed E-state index contributed by atoms with van der Waals surface area (Å²) in [6, 6.07) is 6.33. The van der Waals surface area contributed by atoms with Gasteiger partial charge in [0.1, 0.15) is 5.75 Å². The number of hydrogen-bond acceptors (Lipinski definition) is 4. The van der Waals surface area contributed by atoms with Gasteiger partial charge in [-0.2, -0.15) is 0 Å². The Morgan fingerprint density at radius 2 is 2.23 bits per heavy atom. The maximum absolute atomic E-state index is 12.2. The third kappa shape index (κ3) is 5.57. The number of nitrogens with zero attached hydrogens (tertiary/aromatic N) is 1. The molecule has 0 bridgehead atoms. The molecule has 1 aromatic rings. The molecule has 0 radical (unpaired) electrons. The number of benzene rings is 1. The zero-order chi connectivity index (χ0) is 16.5. The molecule has 6 nitrogen and oxygen atoms in total. The van der Waals surface area contributed by atoms with Crippen LogP contribution in [0.5, 0.6) is 5.75 Å². The van der Waals surface area contributed by atoms with Gasteiger partial charge < -0.3 is 20.5 Å². The largest absolute Gasteiger partial charge is 0.494 e. The fraction of sp³-hybridized carbons (Fsp3) is 0.375. The minimum Gasteiger partial charge on any atom is -0.494 e. The number of carboxylic acid groups (broad SMARTS) is 1. The molecule has 1 aromatic carbocycles. The van der Waals surface area contributed by atoms with E-state index in [4.69, 9.17) is 15.6 Å². The molecule has 1 amide bonds. The van der Waals surface area contributed by atoms with Crippen LogP contribution in [0.4, 0.5) is 0 Å². The van der Waals surface area contributed by atoms with Crippen molar-refractivity contribution in [3.8, 4) is 5.75 Å². The Morgan fingerprint density at radius 3 is 2.82 bits per heavy atom. The van der Waals surface area contributed by atoms with Gasteiger partial charge in [0.25, 0.3) is 0 Å². The van der Waals surface area contributed by atoms with Crippen molar-refractivity contribution < 1.29 is 19.4 Å². The molecule has 3 N–H and O–H groups in total. The second-order valence-corrected chi connectivity index (χ2v) is 4.79. The molecule has 0 heterocycles. The van der Waals surface area contributed by atoms with Crippen LogP contribution < -0.4 is 10.5 Å². The first-order valence-corrected chi connectivity index (χ1v) is 7.06.